The second kappa shape index (κ2) is 10.0. The Morgan fingerprint density at radius 1 is 1.07 bits per heavy atom. The first-order valence-electron chi connectivity index (χ1n) is 9.79. The Bertz CT molecular complexity index is 923. The molecule has 0 fully saturated rings. The minimum Gasteiger partial charge on any atom is -0.325 e. The van der Waals surface area contributed by atoms with Gasteiger partial charge in [-0.1, -0.05) is 51.1 Å². The summed E-state index contributed by atoms with van der Waals surface area (Å²) in [6.45, 7) is 6.47. The monoisotopic (exact) mass is 417 g/mol. The van der Waals surface area contributed by atoms with Crippen molar-refractivity contribution in [2.75, 3.05) is 26.0 Å². The Morgan fingerprint density at radius 3 is 2.28 bits per heavy atom. The van der Waals surface area contributed by atoms with Crippen LogP contribution in [0.5, 0.6) is 0 Å². The van der Waals surface area contributed by atoms with E-state index >= 15 is 0 Å². The topological polar surface area (TPSA) is 78.5 Å². The van der Waals surface area contributed by atoms with E-state index in [1.807, 2.05) is 0 Å². The third-order valence-electron chi connectivity index (χ3n) is 4.79. The van der Waals surface area contributed by atoms with Gasteiger partial charge < -0.3 is 10.6 Å². The number of hydrogen-bond donors (Lipinski definition) is 2. The third-order valence-corrected chi connectivity index (χ3v) is 6.60. The van der Waals surface area contributed by atoms with Crippen LogP contribution in [0, 0.1) is 5.92 Å². The molecular weight excluding hydrogens is 386 g/mol. The summed E-state index contributed by atoms with van der Waals surface area (Å²) in [5, 5.41) is 6.09. The van der Waals surface area contributed by atoms with E-state index in [0.29, 0.717) is 11.6 Å². The van der Waals surface area contributed by atoms with Gasteiger partial charge >= 0.3 is 0 Å². The molecule has 2 aromatic carbocycles. The number of amides is 1. The van der Waals surface area contributed by atoms with Gasteiger partial charge in [-0.25, -0.2) is 12.7 Å². The average molecular weight is 418 g/mol. The zero-order valence-electron chi connectivity index (χ0n) is 17.8. The first-order valence-corrected chi connectivity index (χ1v) is 11.2. The van der Waals surface area contributed by atoms with E-state index in [1.54, 1.807) is 12.1 Å². The van der Waals surface area contributed by atoms with Gasteiger partial charge in [0.25, 0.3) is 0 Å². The van der Waals surface area contributed by atoms with Gasteiger partial charge in [0.05, 0.1) is 11.4 Å². The van der Waals surface area contributed by atoms with E-state index < -0.39 is 10.0 Å². The van der Waals surface area contributed by atoms with Crippen molar-refractivity contribution >= 4 is 21.6 Å². The van der Waals surface area contributed by atoms with Crippen LogP contribution in [0.3, 0.4) is 0 Å². The van der Waals surface area contributed by atoms with Crippen LogP contribution in [-0.2, 0) is 21.2 Å². The molecule has 7 heteroatoms. The van der Waals surface area contributed by atoms with Crippen LogP contribution < -0.4 is 10.6 Å². The lowest BCUT2D eigenvalue weighted by Crippen LogP contribution is -2.33. The Balaban J connectivity index is 2.04. The predicted octanol–water partition coefficient (Wildman–Crippen LogP) is 3.42. The van der Waals surface area contributed by atoms with Gasteiger partial charge in [-0.2, -0.15) is 0 Å². The molecule has 0 aliphatic carbocycles. The molecule has 0 bridgehead atoms. The molecule has 0 aromatic heterocycles. The molecule has 0 saturated carbocycles. The van der Waals surface area contributed by atoms with Gasteiger partial charge in [0.15, 0.2) is 0 Å². The van der Waals surface area contributed by atoms with Crippen LogP contribution in [0.2, 0.25) is 0 Å². The van der Waals surface area contributed by atoms with Crippen LogP contribution in [0.15, 0.2) is 53.4 Å². The molecule has 2 N–H and O–H groups in total. The van der Waals surface area contributed by atoms with Crippen LogP contribution in [0.4, 0.5) is 5.69 Å². The number of rotatable bonds is 9. The van der Waals surface area contributed by atoms with Crippen molar-refractivity contribution in [2.45, 2.75) is 38.1 Å². The number of benzene rings is 2. The summed E-state index contributed by atoms with van der Waals surface area (Å²) in [6.07, 6.45) is 0.991. The summed E-state index contributed by atoms with van der Waals surface area (Å²) in [4.78, 5) is 12.6. The SMILES string of the molecule is CCc1ccc([C@@H](NCC(=O)Nc2cccc(S(=O)(=O)N(C)C)c2)C(C)C)cc1. The Morgan fingerprint density at radius 2 is 1.72 bits per heavy atom. The average Bonchev–Trinajstić information content (AvgIpc) is 2.68. The van der Waals surface area contributed by atoms with Crippen molar-refractivity contribution in [3.05, 3.63) is 59.7 Å². The van der Waals surface area contributed by atoms with Gasteiger partial charge in [-0.15, -0.1) is 0 Å². The molecule has 0 aliphatic heterocycles. The minimum absolute atomic E-state index is 0.0482. The number of nitrogens with one attached hydrogen (secondary N) is 2. The number of hydrogen-bond acceptors (Lipinski definition) is 4. The minimum atomic E-state index is -3.55. The van der Waals surface area contributed by atoms with Gasteiger partial charge in [0.1, 0.15) is 0 Å². The molecule has 0 aliphatic rings. The summed E-state index contributed by atoms with van der Waals surface area (Å²) in [5.74, 6) is 0.0871. The molecule has 0 radical (unpaired) electrons. The molecule has 1 atom stereocenters. The second-order valence-corrected chi connectivity index (χ2v) is 9.71. The second-order valence-electron chi connectivity index (χ2n) is 7.56. The normalized spacial score (nSPS) is 12.9. The van der Waals surface area contributed by atoms with E-state index in [2.05, 4.69) is 55.7 Å². The smallest absolute Gasteiger partial charge is 0.242 e. The molecule has 0 unspecified atom stereocenters. The van der Waals surface area contributed by atoms with Gasteiger partial charge in [0, 0.05) is 25.8 Å². The van der Waals surface area contributed by atoms with Gasteiger partial charge in [-0.05, 0) is 41.7 Å². The predicted molar refractivity (Wildman–Crippen MR) is 117 cm³/mol. The third kappa shape index (κ3) is 6.13. The lowest BCUT2D eigenvalue weighted by Gasteiger charge is -2.23. The number of aryl methyl sites for hydroxylation is 1. The summed E-state index contributed by atoms with van der Waals surface area (Å²) in [7, 11) is -0.596. The van der Waals surface area contributed by atoms with Gasteiger partial charge in [-0.3, -0.25) is 4.79 Å². The molecule has 29 heavy (non-hydrogen) atoms. The maximum absolute atomic E-state index is 12.4. The fraction of sp³-hybridized carbons (Fsp3) is 0.409. The van der Waals surface area contributed by atoms with E-state index in [4.69, 9.17) is 0 Å². The summed E-state index contributed by atoms with van der Waals surface area (Å²) in [5.41, 5.74) is 2.87. The molecule has 6 nitrogen and oxygen atoms in total. The molecule has 2 aromatic rings. The maximum atomic E-state index is 12.4. The standard InChI is InChI=1S/C22H31N3O3S/c1-6-17-10-12-18(13-11-17)22(16(2)3)23-15-21(26)24-19-8-7-9-20(14-19)29(27,28)25(4)5/h7-14,16,22-23H,6,15H2,1-5H3,(H,24,26)/t22-/m0/s1. The molecule has 1 amide bonds. The number of carbonyl (C=O) groups is 1. The largest absolute Gasteiger partial charge is 0.325 e. The molecule has 0 heterocycles. The zero-order valence-corrected chi connectivity index (χ0v) is 18.6. The van der Waals surface area contributed by atoms with Crippen molar-refractivity contribution in [1.82, 2.24) is 9.62 Å². The Kier molecular flexibility index (Phi) is 7.96. The first kappa shape index (κ1) is 23.1. The number of nitrogens with zero attached hydrogens (tertiary/aromatic N) is 1. The lowest BCUT2D eigenvalue weighted by atomic mass is 9.95. The molecule has 158 valence electrons. The van der Waals surface area contributed by atoms with Crippen molar-refractivity contribution in [2.24, 2.45) is 5.92 Å². The molecule has 0 saturated heterocycles. The molecule has 0 spiro atoms. The van der Waals surface area contributed by atoms with Gasteiger partial charge in [0.2, 0.25) is 15.9 Å². The molecule has 2 rings (SSSR count). The molecular formula is C22H31N3O3S. The fourth-order valence-corrected chi connectivity index (χ4v) is 4.00. The highest BCUT2D eigenvalue weighted by molar-refractivity contribution is 7.89. The van der Waals surface area contributed by atoms with E-state index in [-0.39, 0.29) is 23.4 Å². The van der Waals surface area contributed by atoms with Crippen molar-refractivity contribution in [3.8, 4) is 0 Å². The van der Waals surface area contributed by atoms with Crippen molar-refractivity contribution in [1.29, 1.82) is 0 Å². The summed E-state index contributed by atoms with van der Waals surface area (Å²) >= 11 is 0. The van der Waals surface area contributed by atoms with Crippen LogP contribution in [0.1, 0.15) is 37.9 Å². The van der Waals surface area contributed by atoms with Crippen LogP contribution in [-0.4, -0.2) is 39.3 Å². The highest BCUT2D eigenvalue weighted by atomic mass is 32.2. The van der Waals surface area contributed by atoms with E-state index in [1.165, 1.54) is 31.8 Å². The summed E-state index contributed by atoms with van der Waals surface area (Å²) < 4.78 is 25.7. The fourth-order valence-electron chi connectivity index (χ4n) is 3.05. The maximum Gasteiger partial charge on any atom is 0.242 e. The van der Waals surface area contributed by atoms with E-state index in [0.717, 1.165) is 16.3 Å². The quantitative estimate of drug-likeness (QED) is 0.655. The number of carbonyl (C=O) groups excluding carboxylic acids is 1. The lowest BCUT2D eigenvalue weighted by molar-refractivity contribution is -0.115. The van der Waals surface area contributed by atoms with E-state index in [9.17, 15) is 13.2 Å². The Labute approximate surface area is 174 Å². The number of sulfonamides is 1. The Hall–Kier alpha value is -2.22. The first-order chi connectivity index (χ1) is 13.6. The van der Waals surface area contributed by atoms with Crippen LogP contribution >= 0.6 is 0 Å². The summed E-state index contributed by atoms with van der Waals surface area (Å²) in [6, 6.07) is 14.8. The zero-order chi connectivity index (χ0) is 21.6. The highest BCUT2D eigenvalue weighted by Gasteiger charge is 2.19. The highest BCUT2D eigenvalue weighted by Crippen LogP contribution is 2.22. The van der Waals surface area contributed by atoms with Crippen molar-refractivity contribution in [3.63, 3.8) is 0 Å². The van der Waals surface area contributed by atoms with Crippen LogP contribution in [0.25, 0.3) is 0 Å². The number of anilines is 1. The van der Waals surface area contributed by atoms with Crippen molar-refractivity contribution < 1.29 is 13.2 Å².